The molecule has 2 rings (SSSR count). The lowest BCUT2D eigenvalue weighted by molar-refractivity contribution is 0.503. The second-order valence-electron chi connectivity index (χ2n) is 4.69. The molecule has 0 spiro atoms. The summed E-state index contributed by atoms with van der Waals surface area (Å²) in [6.07, 6.45) is 2.20. The van der Waals surface area contributed by atoms with Gasteiger partial charge in [0, 0.05) is 19.1 Å². The van der Waals surface area contributed by atoms with Crippen LogP contribution in [0.1, 0.15) is 18.9 Å². The number of fused-ring (bicyclic) bond motifs is 1. The summed E-state index contributed by atoms with van der Waals surface area (Å²) >= 11 is 0. The van der Waals surface area contributed by atoms with Crippen molar-refractivity contribution in [2.75, 3.05) is 13.1 Å². The smallest absolute Gasteiger partial charge is 0.0106 e. The number of hydrogen-bond donors (Lipinski definition) is 2. The van der Waals surface area contributed by atoms with E-state index in [2.05, 4.69) is 54.7 Å². The first kappa shape index (κ1) is 13.1. The first-order valence-electron chi connectivity index (χ1n) is 6.75. The molecule has 1 atom stereocenters. The molecule has 0 aliphatic rings. The molecule has 2 aromatic rings. The van der Waals surface area contributed by atoms with Gasteiger partial charge in [0.05, 0.1) is 0 Å². The zero-order chi connectivity index (χ0) is 12.8. The molecule has 96 valence electrons. The molecular weight excluding hydrogens is 220 g/mol. The maximum absolute atomic E-state index is 5.55. The van der Waals surface area contributed by atoms with Crippen molar-refractivity contribution in [2.24, 2.45) is 5.73 Å². The minimum atomic E-state index is 0.513. The zero-order valence-electron chi connectivity index (χ0n) is 11.0. The number of hydrogen-bond acceptors (Lipinski definition) is 2. The number of benzene rings is 2. The lowest BCUT2D eigenvalue weighted by atomic mass is 9.98. The van der Waals surface area contributed by atoms with Gasteiger partial charge in [0.2, 0.25) is 0 Å². The minimum absolute atomic E-state index is 0.513. The van der Waals surface area contributed by atoms with E-state index in [1.807, 2.05) is 0 Å². The number of rotatable bonds is 6. The van der Waals surface area contributed by atoms with E-state index in [1.54, 1.807) is 0 Å². The van der Waals surface area contributed by atoms with Crippen LogP contribution in [0, 0.1) is 0 Å². The Hall–Kier alpha value is -1.38. The van der Waals surface area contributed by atoms with Crippen LogP contribution in [0.3, 0.4) is 0 Å². The summed E-state index contributed by atoms with van der Waals surface area (Å²) in [7, 11) is 0. The fourth-order valence-electron chi connectivity index (χ4n) is 2.38. The predicted molar refractivity (Wildman–Crippen MR) is 78.8 cm³/mol. The van der Waals surface area contributed by atoms with Gasteiger partial charge >= 0.3 is 0 Å². The van der Waals surface area contributed by atoms with E-state index in [0.717, 1.165) is 19.4 Å². The molecule has 0 fully saturated rings. The van der Waals surface area contributed by atoms with Crippen LogP contribution in [0.15, 0.2) is 42.5 Å². The number of nitrogens with one attached hydrogen (secondary N) is 1. The van der Waals surface area contributed by atoms with Crippen molar-refractivity contribution >= 4 is 10.8 Å². The molecule has 0 bridgehead atoms. The minimum Gasteiger partial charge on any atom is -0.329 e. The van der Waals surface area contributed by atoms with Crippen LogP contribution in [0.5, 0.6) is 0 Å². The van der Waals surface area contributed by atoms with E-state index >= 15 is 0 Å². The van der Waals surface area contributed by atoms with E-state index in [4.69, 9.17) is 5.73 Å². The highest BCUT2D eigenvalue weighted by molar-refractivity contribution is 5.85. The Bertz CT molecular complexity index is 488. The predicted octanol–water partition coefficient (Wildman–Crippen LogP) is 2.71. The Kier molecular flexibility index (Phi) is 4.73. The standard InChI is InChI=1S/C16H22N2/c1-2-15(18-11-10-17)12-14-8-5-7-13-6-3-4-9-16(13)14/h3-9,15,18H,2,10-12,17H2,1H3. The van der Waals surface area contributed by atoms with Crippen molar-refractivity contribution in [3.8, 4) is 0 Å². The molecule has 2 nitrogen and oxygen atoms in total. The summed E-state index contributed by atoms with van der Waals surface area (Å²) in [5.41, 5.74) is 6.97. The molecule has 0 heterocycles. The fourth-order valence-corrected chi connectivity index (χ4v) is 2.38. The van der Waals surface area contributed by atoms with Gasteiger partial charge in [-0.25, -0.2) is 0 Å². The van der Waals surface area contributed by atoms with Gasteiger partial charge in [0.25, 0.3) is 0 Å². The van der Waals surface area contributed by atoms with Crippen LogP contribution in [-0.2, 0) is 6.42 Å². The molecule has 1 unspecified atom stereocenters. The molecule has 2 heteroatoms. The molecule has 2 aromatic carbocycles. The van der Waals surface area contributed by atoms with Crippen LogP contribution in [0.25, 0.3) is 10.8 Å². The molecule has 0 radical (unpaired) electrons. The van der Waals surface area contributed by atoms with Crippen molar-refractivity contribution in [3.63, 3.8) is 0 Å². The lowest BCUT2D eigenvalue weighted by Gasteiger charge is -2.17. The Morgan fingerprint density at radius 1 is 1.11 bits per heavy atom. The van der Waals surface area contributed by atoms with E-state index in [-0.39, 0.29) is 0 Å². The highest BCUT2D eigenvalue weighted by Crippen LogP contribution is 2.20. The summed E-state index contributed by atoms with van der Waals surface area (Å²) in [6, 6.07) is 15.7. The van der Waals surface area contributed by atoms with Crippen molar-refractivity contribution in [2.45, 2.75) is 25.8 Å². The van der Waals surface area contributed by atoms with Crippen molar-refractivity contribution in [3.05, 3.63) is 48.0 Å². The van der Waals surface area contributed by atoms with Crippen molar-refractivity contribution < 1.29 is 0 Å². The van der Waals surface area contributed by atoms with Crippen LogP contribution in [0.2, 0.25) is 0 Å². The molecule has 0 saturated carbocycles. The van der Waals surface area contributed by atoms with Crippen molar-refractivity contribution in [1.82, 2.24) is 5.32 Å². The van der Waals surface area contributed by atoms with Gasteiger partial charge in [-0.2, -0.15) is 0 Å². The van der Waals surface area contributed by atoms with Gasteiger partial charge < -0.3 is 11.1 Å². The summed E-state index contributed by atoms with van der Waals surface area (Å²) in [4.78, 5) is 0. The molecular formula is C16H22N2. The maximum atomic E-state index is 5.55. The van der Waals surface area contributed by atoms with Crippen LogP contribution < -0.4 is 11.1 Å². The van der Waals surface area contributed by atoms with Gasteiger partial charge in [-0.3, -0.25) is 0 Å². The van der Waals surface area contributed by atoms with Crippen LogP contribution >= 0.6 is 0 Å². The maximum Gasteiger partial charge on any atom is 0.0106 e. The molecule has 0 aromatic heterocycles. The monoisotopic (exact) mass is 242 g/mol. The Labute approximate surface area is 109 Å². The lowest BCUT2D eigenvalue weighted by Crippen LogP contribution is -2.34. The topological polar surface area (TPSA) is 38.0 Å². The second-order valence-corrected chi connectivity index (χ2v) is 4.69. The summed E-state index contributed by atoms with van der Waals surface area (Å²) in [5, 5.41) is 6.20. The molecule has 0 saturated heterocycles. The summed E-state index contributed by atoms with van der Waals surface area (Å²) < 4.78 is 0. The van der Waals surface area contributed by atoms with Crippen molar-refractivity contribution in [1.29, 1.82) is 0 Å². The normalized spacial score (nSPS) is 12.8. The van der Waals surface area contributed by atoms with Gasteiger partial charge in [0.15, 0.2) is 0 Å². The second kappa shape index (κ2) is 6.53. The third kappa shape index (κ3) is 3.09. The molecule has 0 aliphatic heterocycles. The van der Waals surface area contributed by atoms with E-state index < -0.39 is 0 Å². The van der Waals surface area contributed by atoms with Gasteiger partial charge in [-0.05, 0) is 29.2 Å². The summed E-state index contributed by atoms with van der Waals surface area (Å²) in [5.74, 6) is 0. The molecule has 18 heavy (non-hydrogen) atoms. The Morgan fingerprint density at radius 2 is 1.89 bits per heavy atom. The molecule has 0 aliphatic carbocycles. The first-order chi connectivity index (χ1) is 8.85. The van der Waals surface area contributed by atoms with Gasteiger partial charge in [-0.1, -0.05) is 49.4 Å². The first-order valence-corrected chi connectivity index (χ1v) is 6.75. The Morgan fingerprint density at radius 3 is 2.67 bits per heavy atom. The van der Waals surface area contributed by atoms with Crippen LogP contribution in [0.4, 0.5) is 0 Å². The molecule has 3 N–H and O–H groups in total. The fraction of sp³-hybridized carbons (Fsp3) is 0.375. The van der Waals surface area contributed by atoms with E-state index in [0.29, 0.717) is 12.6 Å². The SMILES string of the molecule is CCC(Cc1cccc2ccccc12)NCCN. The molecule has 0 amide bonds. The van der Waals surface area contributed by atoms with Gasteiger partial charge in [0.1, 0.15) is 0 Å². The average molecular weight is 242 g/mol. The van der Waals surface area contributed by atoms with E-state index in [1.165, 1.54) is 16.3 Å². The average Bonchev–Trinajstić information content (AvgIpc) is 2.43. The third-order valence-corrected chi connectivity index (χ3v) is 3.42. The van der Waals surface area contributed by atoms with Crippen LogP contribution in [-0.4, -0.2) is 19.1 Å². The Balaban J connectivity index is 2.19. The third-order valence-electron chi connectivity index (χ3n) is 3.42. The number of nitrogens with two attached hydrogens (primary N) is 1. The summed E-state index contributed by atoms with van der Waals surface area (Å²) in [6.45, 7) is 3.81. The van der Waals surface area contributed by atoms with Gasteiger partial charge in [-0.15, -0.1) is 0 Å². The van der Waals surface area contributed by atoms with E-state index in [9.17, 15) is 0 Å². The zero-order valence-corrected chi connectivity index (χ0v) is 11.0. The highest BCUT2D eigenvalue weighted by atomic mass is 14.9. The highest BCUT2D eigenvalue weighted by Gasteiger charge is 2.08. The quantitative estimate of drug-likeness (QED) is 0.817. The largest absolute Gasteiger partial charge is 0.329 e.